The summed E-state index contributed by atoms with van der Waals surface area (Å²) >= 11 is 0. The number of amides is 8. The van der Waals surface area contributed by atoms with Crippen molar-refractivity contribution in [3.8, 4) is 0 Å². The molecule has 0 atom stereocenters. The summed E-state index contributed by atoms with van der Waals surface area (Å²) in [5.41, 5.74) is 10.4. The highest BCUT2D eigenvalue weighted by Gasteiger charge is 2.32. The Bertz CT molecular complexity index is 809. The van der Waals surface area contributed by atoms with Crippen molar-refractivity contribution in [1.82, 2.24) is 21.7 Å². The number of hydrogen-bond donors (Lipinski definition) is 13. The molecule has 0 spiro atoms. The molecular weight excluding hydrogens is 422 g/mol. The Labute approximate surface area is 173 Å². The van der Waals surface area contributed by atoms with Crippen LogP contribution in [0.4, 0.5) is 47.6 Å². The van der Waals surface area contributed by atoms with Crippen LogP contribution < -0.4 is 94.2 Å². The Morgan fingerprint density at radius 2 is 0.839 bits per heavy atom. The lowest BCUT2D eigenvalue weighted by Gasteiger charge is -2.31. The van der Waals surface area contributed by atoms with Crippen LogP contribution in [0.1, 0.15) is 0 Å². The van der Waals surface area contributed by atoms with E-state index in [0.717, 1.165) is 6.07 Å². The third-order valence-corrected chi connectivity index (χ3v) is 3.64. The maximum absolute atomic E-state index is 12.0. The number of anilines is 5. The summed E-state index contributed by atoms with van der Waals surface area (Å²) in [5, 5.41) is 1.33. The van der Waals surface area contributed by atoms with Crippen LogP contribution in [-0.2, 0) is 0 Å². The first kappa shape index (κ1) is 24.8. The lowest BCUT2D eigenvalue weighted by Crippen LogP contribution is -2.53. The molecule has 1 aromatic rings. The van der Waals surface area contributed by atoms with Crippen molar-refractivity contribution in [2.75, 3.05) is 25.8 Å². The van der Waals surface area contributed by atoms with Crippen molar-refractivity contribution in [3.63, 3.8) is 0 Å². The van der Waals surface area contributed by atoms with Crippen LogP contribution in [0, 0.1) is 0 Å². The second-order valence-corrected chi connectivity index (χ2v) is 5.30. The summed E-state index contributed by atoms with van der Waals surface area (Å²) in [6, 6.07) is -3.65. The maximum atomic E-state index is 12.0. The normalized spacial score (nSPS) is 9.94. The van der Waals surface area contributed by atoms with Gasteiger partial charge in [-0.1, -0.05) is 0 Å². The van der Waals surface area contributed by atoms with Crippen molar-refractivity contribution < 1.29 is 19.2 Å². The number of nitrogens with zero attached hydrogens (tertiary/aromatic N) is 4. The number of benzene rings is 1. The summed E-state index contributed by atoms with van der Waals surface area (Å²) in [4.78, 5) is 47.9. The predicted octanol–water partition coefficient (Wildman–Crippen LogP) is -5.68. The first-order chi connectivity index (χ1) is 14.5. The molecule has 0 aliphatic carbocycles. The summed E-state index contributed by atoms with van der Waals surface area (Å²) in [7, 11) is 0. The molecule has 0 bridgehead atoms. The predicted molar refractivity (Wildman–Crippen MR) is 108 cm³/mol. The standard InChI is InChI=1S/C10H23N17O4/c11-4-5(26(18)9(30)22-14)2(24(16)7(28)20-12)1-3(25(17)8(29)21-13)6(4)27(19)10(31)23-15/h1H,11-19H2,(H,20,28)(H,21,29)(H,22,30)(H,23,31). The molecule has 1 rings (SSSR count). The fourth-order valence-electron chi connectivity index (χ4n) is 2.23. The number of carbonyl (C=O) groups excluding carboxylic acids is 4. The highest BCUT2D eigenvalue weighted by atomic mass is 16.2. The van der Waals surface area contributed by atoms with Gasteiger partial charge in [0.1, 0.15) is 11.4 Å². The van der Waals surface area contributed by atoms with Gasteiger partial charge in [0.05, 0.1) is 17.1 Å². The van der Waals surface area contributed by atoms with Gasteiger partial charge in [-0.25, -0.2) is 86.0 Å². The Kier molecular flexibility index (Phi) is 8.01. The minimum Gasteiger partial charge on any atom is -0.395 e. The Morgan fingerprint density at radius 3 is 1.10 bits per heavy atom. The first-order valence-corrected chi connectivity index (χ1v) is 7.66. The molecule has 0 aromatic heterocycles. The zero-order valence-electron chi connectivity index (χ0n) is 15.7. The van der Waals surface area contributed by atoms with Crippen LogP contribution in [0.3, 0.4) is 0 Å². The van der Waals surface area contributed by atoms with E-state index in [-0.39, 0.29) is 0 Å². The number of hydrogen-bond acceptors (Lipinski definition) is 13. The Balaban J connectivity index is 4.07. The van der Waals surface area contributed by atoms with Crippen molar-refractivity contribution in [2.24, 2.45) is 46.7 Å². The third kappa shape index (κ3) is 4.69. The summed E-state index contributed by atoms with van der Waals surface area (Å²) in [6.45, 7) is 0. The van der Waals surface area contributed by atoms with Gasteiger partial charge in [0.15, 0.2) is 0 Å². The van der Waals surface area contributed by atoms with E-state index >= 15 is 0 Å². The topological polar surface area (TPSA) is 364 Å². The minimum absolute atomic E-state index is 0.319. The molecule has 0 aliphatic rings. The molecular formula is C10H23N17O4. The molecule has 0 heterocycles. The molecule has 8 amide bonds. The number of rotatable bonds is 4. The summed E-state index contributed by atoms with van der Waals surface area (Å²) < 4.78 is 0. The van der Waals surface area contributed by atoms with Gasteiger partial charge in [0.2, 0.25) is 0 Å². The Hall–Kier alpha value is -4.22. The molecule has 21 nitrogen and oxygen atoms in total. The SMILES string of the molecule is NNC(=O)N(N)c1cc(N(N)C(=O)NN)c(N(N)C(=O)NN)c(N)c1N(N)C(=O)NN. The van der Waals surface area contributed by atoms with Crippen LogP contribution in [-0.4, -0.2) is 24.1 Å². The largest absolute Gasteiger partial charge is 0.395 e. The van der Waals surface area contributed by atoms with Crippen LogP contribution in [0.15, 0.2) is 6.07 Å². The monoisotopic (exact) mass is 445 g/mol. The van der Waals surface area contributed by atoms with Gasteiger partial charge < -0.3 is 5.73 Å². The van der Waals surface area contributed by atoms with E-state index < -0.39 is 52.6 Å². The van der Waals surface area contributed by atoms with Crippen molar-refractivity contribution in [1.29, 1.82) is 0 Å². The van der Waals surface area contributed by atoms with Gasteiger partial charge >= 0.3 is 24.1 Å². The van der Waals surface area contributed by atoms with Gasteiger partial charge in [0.25, 0.3) is 0 Å². The van der Waals surface area contributed by atoms with E-state index in [9.17, 15) is 19.2 Å². The summed E-state index contributed by atoms with van der Waals surface area (Å²) in [6.07, 6.45) is 0. The maximum Gasteiger partial charge on any atom is 0.350 e. The van der Waals surface area contributed by atoms with E-state index in [0.29, 0.717) is 20.0 Å². The number of nitrogens with one attached hydrogen (secondary N) is 4. The second-order valence-electron chi connectivity index (χ2n) is 5.30. The lowest BCUT2D eigenvalue weighted by atomic mass is 10.1. The third-order valence-electron chi connectivity index (χ3n) is 3.64. The van der Waals surface area contributed by atoms with E-state index in [1.807, 2.05) is 0 Å². The van der Waals surface area contributed by atoms with E-state index in [1.165, 1.54) is 0 Å². The average molecular weight is 445 g/mol. The van der Waals surface area contributed by atoms with E-state index in [1.54, 1.807) is 21.7 Å². The molecule has 22 N–H and O–H groups in total. The zero-order chi connectivity index (χ0) is 24.0. The average Bonchev–Trinajstić information content (AvgIpc) is 2.78. The number of nitrogen functional groups attached to an aromatic ring is 1. The quantitative estimate of drug-likeness (QED) is 0.0889. The highest BCUT2D eigenvalue weighted by molar-refractivity contribution is 6.13. The molecule has 0 aliphatic heterocycles. The molecule has 0 radical (unpaired) electrons. The van der Waals surface area contributed by atoms with Crippen LogP contribution in [0.5, 0.6) is 0 Å². The number of carbonyl (C=O) groups is 4. The van der Waals surface area contributed by atoms with E-state index in [4.69, 9.17) is 52.5 Å². The lowest BCUT2D eigenvalue weighted by molar-refractivity contribution is 0.245. The molecule has 31 heavy (non-hydrogen) atoms. The van der Waals surface area contributed by atoms with Crippen molar-refractivity contribution in [2.45, 2.75) is 0 Å². The molecule has 1 aromatic carbocycles. The van der Waals surface area contributed by atoms with Crippen LogP contribution >= 0.6 is 0 Å². The fraction of sp³-hybridized carbons (Fsp3) is 0. The zero-order valence-corrected chi connectivity index (χ0v) is 15.7. The molecule has 0 unspecified atom stereocenters. The van der Waals surface area contributed by atoms with E-state index in [2.05, 4.69) is 0 Å². The van der Waals surface area contributed by atoms with Gasteiger partial charge in [-0.15, -0.1) is 0 Å². The fourth-order valence-corrected chi connectivity index (χ4v) is 2.23. The molecule has 0 saturated carbocycles. The van der Waals surface area contributed by atoms with Gasteiger partial charge in [-0.05, 0) is 6.07 Å². The van der Waals surface area contributed by atoms with Crippen molar-refractivity contribution >= 4 is 52.6 Å². The first-order valence-electron chi connectivity index (χ1n) is 7.66. The minimum atomic E-state index is -1.15. The molecule has 172 valence electrons. The van der Waals surface area contributed by atoms with Crippen LogP contribution in [0.2, 0.25) is 0 Å². The number of urea groups is 4. The van der Waals surface area contributed by atoms with Gasteiger partial charge in [-0.2, -0.15) is 0 Å². The smallest absolute Gasteiger partial charge is 0.350 e. The van der Waals surface area contributed by atoms with Crippen LogP contribution in [0.25, 0.3) is 0 Å². The highest BCUT2D eigenvalue weighted by Crippen LogP contribution is 2.45. The second kappa shape index (κ2) is 10.0. The summed E-state index contributed by atoms with van der Waals surface area (Å²) in [5.74, 6) is 43.0. The number of hydrazine groups is 8. The van der Waals surface area contributed by atoms with Gasteiger partial charge in [-0.3, -0.25) is 21.7 Å². The Morgan fingerprint density at radius 1 is 0.581 bits per heavy atom. The molecule has 21 heteroatoms. The molecule has 0 saturated heterocycles. The molecule has 0 fully saturated rings. The van der Waals surface area contributed by atoms with Crippen molar-refractivity contribution in [3.05, 3.63) is 6.07 Å². The number of nitrogens with two attached hydrogens (primary N) is 9. The van der Waals surface area contributed by atoms with Gasteiger partial charge in [0, 0.05) is 0 Å².